The zero-order valence-electron chi connectivity index (χ0n) is 12.2. The first-order valence-corrected chi connectivity index (χ1v) is 7.18. The molecule has 20 heavy (non-hydrogen) atoms. The van der Waals surface area contributed by atoms with Crippen molar-refractivity contribution in [1.82, 2.24) is 4.98 Å². The highest BCUT2D eigenvalue weighted by Gasteiger charge is 2.03. The van der Waals surface area contributed by atoms with E-state index >= 15 is 0 Å². The quantitative estimate of drug-likeness (QED) is 0.870. The summed E-state index contributed by atoms with van der Waals surface area (Å²) in [6.07, 6.45) is 4.70. The molecule has 1 aromatic heterocycles. The van der Waals surface area contributed by atoms with Gasteiger partial charge >= 0.3 is 0 Å². The molecule has 1 unspecified atom stereocenters. The first-order chi connectivity index (χ1) is 9.71. The van der Waals surface area contributed by atoms with E-state index in [2.05, 4.69) is 31.0 Å². The number of aromatic nitrogens is 1. The molecule has 0 amide bonds. The number of aryl methyl sites for hydroxylation is 1. The third kappa shape index (κ3) is 4.07. The first kappa shape index (κ1) is 14.5. The van der Waals surface area contributed by atoms with Crippen molar-refractivity contribution >= 4 is 0 Å². The summed E-state index contributed by atoms with van der Waals surface area (Å²) in [6, 6.07) is 12.2. The molecule has 0 aliphatic rings. The lowest BCUT2D eigenvalue weighted by molar-refractivity contribution is 0.462. The lowest BCUT2D eigenvalue weighted by atomic mass is 10.1. The van der Waals surface area contributed by atoms with Gasteiger partial charge in [-0.1, -0.05) is 32.0 Å². The summed E-state index contributed by atoms with van der Waals surface area (Å²) in [5.74, 6) is 1.43. The molecular weight excluding hydrogens is 248 g/mol. The fourth-order valence-corrected chi connectivity index (χ4v) is 1.95. The van der Waals surface area contributed by atoms with Crippen LogP contribution in [0.1, 0.15) is 31.4 Å². The summed E-state index contributed by atoms with van der Waals surface area (Å²) in [7, 11) is 0. The Labute approximate surface area is 120 Å². The van der Waals surface area contributed by atoms with E-state index in [9.17, 15) is 0 Å². The van der Waals surface area contributed by atoms with Crippen LogP contribution >= 0.6 is 0 Å². The zero-order chi connectivity index (χ0) is 14.4. The summed E-state index contributed by atoms with van der Waals surface area (Å²) in [5, 5.41) is 0. The molecule has 0 radical (unpaired) electrons. The monoisotopic (exact) mass is 270 g/mol. The van der Waals surface area contributed by atoms with Crippen LogP contribution in [0.2, 0.25) is 0 Å². The molecule has 0 saturated carbocycles. The van der Waals surface area contributed by atoms with E-state index < -0.39 is 0 Å². The minimum Gasteiger partial charge on any atom is -0.439 e. The van der Waals surface area contributed by atoms with Gasteiger partial charge in [-0.25, -0.2) is 4.98 Å². The van der Waals surface area contributed by atoms with Gasteiger partial charge in [-0.05, 0) is 42.5 Å². The van der Waals surface area contributed by atoms with E-state index in [0.717, 1.165) is 30.6 Å². The van der Waals surface area contributed by atoms with Crippen molar-refractivity contribution in [3.63, 3.8) is 0 Å². The smallest absolute Gasteiger partial charge is 0.219 e. The highest BCUT2D eigenvalue weighted by Crippen LogP contribution is 2.20. The normalized spacial score (nSPS) is 12.2. The van der Waals surface area contributed by atoms with Crippen LogP contribution in [-0.2, 0) is 12.8 Å². The molecule has 0 aliphatic heterocycles. The Balaban J connectivity index is 1.99. The molecule has 0 spiro atoms. The van der Waals surface area contributed by atoms with Gasteiger partial charge in [0.15, 0.2) is 0 Å². The number of nitrogens with zero attached hydrogens (tertiary/aromatic N) is 1. The van der Waals surface area contributed by atoms with E-state index in [-0.39, 0.29) is 6.04 Å². The van der Waals surface area contributed by atoms with Gasteiger partial charge in [-0.15, -0.1) is 0 Å². The van der Waals surface area contributed by atoms with Crippen molar-refractivity contribution in [3.05, 3.63) is 53.7 Å². The Kier molecular flexibility index (Phi) is 5.13. The number of nitrogens with two attached hydrogens (primary N) is 1. The Morgan fingerprint density at radius 3 is 2.30 bits per heavy atom. The first-order valence-electron chi connectivity index (χ1n) is 7.18. The van der Waals surface area contributed by atoms with Crippen LogP contribution < -0.4 is 10.5 Å². The second kappa shape index (κ2) is 7.06. The molecule has 0 bridgehead atoms. The van der Waals surface area contributed by atoms with Gasteiger partial charge in [0.1, 0.15) is 5.75 Å². The summed E-state index contributed by atoms with van der Waals surface area (Å²) in [6.45, 7) is 4.23. The molecule has 2 N–H and O–H groups in total. The SMILES string of the molecule is CCc1ccc(Oc2ccc(CC(N)CC)cn2)cc1. The average molecular weight is 270 g/mol. The molecule has 0 saturated heterocycles. The van der Waals surface area contributed by atoms with Crippen LogP contribution in [0.3, 0.4) is 0 Å². The highest BCUT2D eigenvalue weighted by molar-refractivity contribution is 5.31. The maximum absolute atomic E-state index is 5.93. The van der Waals surface area contributed by atoms with Gasteiger partial charge in [0.2, 0.25) is 5.88 Å². The highest BCUT2D eigenvalue weighted by atomic mass is 16.5. The predicted octanol–water partition coefficient (Wildman–Crippen LogP) is 3.72. The van der Waals surface area contributed by atoms with Crippen molar-refractivity contribution in [1.29, 1.82) is 0 Å². The molecule has 0 fully saturated rings. The number of rotatable bonds is 6. The number of pyridine rings is 1. The van der Waals surface area contributed by atoms with Crippen molar-refractivity contribution in [2.45, 2.75) is 39.2 Å². The Hall–Kier alpha value is -1.87. The van der Waals surface area contributed by atoms with Crippen molar-refractivity contribution < 1.29 is 4.74 Å². The van der Waals surface area contributed by atoms with Crippen LogP contribution in [0.5, 0.6) is 11.6 Å². The standard InChI is InChI=1S/C17H22N2O/c1-3-13-5-8-16(9-6-13)20-17-10-7-14(12-19-17)11-15(18)4-2/h5-10,12,15H,3-4,11,18H2,1-2H3. The lowest BCUT2D eigenvalue weighted by Crippen LogP contribution is -2.21. The van der Waals surface area contributed by atoms with Crippen LogP contribution in [0, 0.1) is 0 Å². The fourth-order valence-electron chi connectivity index (χ4n) is 1.95. The van der Waals surface area contributed by atoms with E-state index in [1.807, 2.05) is 30.5 Å². The molecule has 1 atom stereocenters. The maximum Gasteiger partial charge on any atom is 0.219 e. The van der Waals surface area contributed by atoms with E-state index in [1.165, 1.54) is 5.56 Å². The summed E-state index contributed by atoms with van der Waals surface area (Å²) < 4.78 is 5.72. The largest absolute Gasteiger partial charge is 0.439 e. The topological polar surface area (TPSA) is 48.1 Å². The van der Waals surface area contributed by atoms with Crippen LogP contribution in [0.15, 0.2) is 42.6 Å². The van der Waals surface area contributed by atoms with Crippen LogP contribution in [0.25, 0.3) is 0 Å². The lowest BCUT2D eigenvalue weighted by Gasteiger charge is -2.09. The van der Waals surface area contributed by atoms with Crippen LogP contribution in [-0.4, -0.2) is 11.0 Å². The Morgan fingerprint density at radius 2 is 1.75 bits per heavy atom. The Morgan fingerprint density at radius 1 is 1.05 bits per heavy atom. The number of benzene rings is 1. The molecule has 0 aliphatic carbocycles. The van der Waals surface area contributed by atoms with Crippen molar-refractivity contribution in [3.8, 4) is 11.6 Å². The van der Waals surface area contributed by atoms with Gasteiger partial charge < -0.3 is 10.5 Å². The summed E-state index contributed by atoms with van der Waals surface area (Å²) >= 11 is 0. The van der Waals surface area contributed by atoms with Crippen molar-refractivity contribution in [2.75, 3.05) is 0 Å². The minimum atomic E-state index is 0.199. The van der Waals surface area contributed by atoms with Gasteiger partial charge in [0.25, 0.3) is 0 Å². The Bertz CT molecular complexity index is 520. The van der Waals surface area contributed by atoms with Gasteiger partial charge in [0.05, 0.1) is 0 Å². The van der Waals surface area contributed by atoms with Gasteiger partial charge in [-0.2, -0.15) is 0 Å². The molecule has 2 aromatic rings. The molecule has 1 aromatic carbocycles. The average Bonchev–Trinajstić information content (AvgIpc) is 2.50. The molecule has 1 heterocycles. The fraction of sp³-hybridized carbons (Fsp3) is 0.353. The summed E-state index contributed by atoms with van der Waals surface area (Å²) in [4.78, 5) is 4.33. The molecule has 106 valence electrons. The minimum absolute atomic E-state index is 0.199. The second-order valence-electron chi connectivity index (χ2n) is 4.98. The van der Waals surface area contributed by atoms with Gasteiger partial charge in [0, 0.05) is 18.3 Å². The van der Waals surface area contributed by atoms with Gasteiger partial charge in [-0.3, -0.25) is 0 Å². The van der Waals surface area contributed by atoms with Crippen molar-refractivity contribution in [2.24, 2.45) is 5.73 Å². The molecule has 2 rings (SSSR count). The molecular formula is C17H22N2O. The predicted molar refractivity (Wildman–Crippen MR) is 82.1 cm³/mol. The second-order valence-corrected chi connectivity index (χ2v) is 4.98. The maximum atomic E-state index is 5.93. The third-order valence-corrected chi connectivity index (χ3v) is 3.37. The summed E-state index contributed by atoms with van der Waals surface area (Å²) in [5.41, 5.74) is 8.38. The number of ether oxygens (including phenoxy) is 1. The van der Waals surface area contributed by atoms with E-state index in [1.54, 1.807) is 0 Å². The third-order valence-electron chi connectivity index (χ3n) is 3.37. The van der Waals surface area contributed by atoms with E-state index in [4.69, 9.17) is 10.5 Å². The number of hydrogen-bond donors (Lipinski definition) is 1. The zero-order valence-corrected chi connectivity index (χ0v) is 12.2. The molecule has 3 heteroatoms. The molecule has 3 nitrogen and oxygen atoms in total. The number of hydrogen-bond acceptors (Lipinski definition) is 3. The van der Waals surface area contributed by atoms with Crippen LogP contribution in [0.4, 0.5) is 0 Å². The van der Waals surface area contributed by atoms with E-state index in [0.29, 0.717) is 5.88 Å².